The minimum atomic E-state index is -0.172. The molecule has 1 saturated heterocycles. The Morgan fingerprint density at radius 2 is 1.90 bits per heavy atom. The molecule has 0 atom stereocenters. The third kappa shape index (κ3) is 4.11. The van der Waals surface area contributed by atoms with E-state index in [2.05, 4.69) is 25.1 Å². The maximum Gasteiger partial charge on any atom is 0.328 e. The van der Waals surface area contributed by atoms with Crippen molar-refractivity contribution >= 4 is 22.9 Å². The second-order valence-corrected chi connectivity index (χ2v) is 7.94. The molecule has 0 aliphatic carbocycles. The van der Waals surface area contributed by atoms with E-state index in [-0.39, 0.29) is 11.6 Å². The molecule has 0 bridgehead atoms. The molecule has 1 aliphatic heterocycles. The molecule has 5 rings (SSSR count). The summed E-state index contributed by atoms with van der Waals surface area (Å²) in [6, 6.07) is 7.74. The molecule has 2 N–H and O–H groups in total. The van der Waals surface area contributed by atoms with E-state index in [0.717, 1.165) is 43.6 Å². The topological polar surface area (TPSA) is 114 Å². The van der Waals surface area contributed by atoms with Gasteiger partial charge in [0.2, 0.25) is 0 Å². The number of ether oxygens (including phenoxy) is 1. The molecule has 31 heavy (non-hydrogen) atoms. The standard InChI is InChI=1S/C21H22ClN7O2/c22-11-17-25-18(28-27-17)15-3-1-14(2-4-15)16-12-23-19-20(24-16)29(21(30)26-19)8-5-13-6-9-31-10-7-13/h1-4,12-13H,5-11H2,(H,23,26,30)(H,25,27,28). The Hall–Kier alpha value is -3.04. The number of benzene rings is 1. The van der Waals surface area contributed by atoms with Gasteiger partial charge in [0.05, 0.1) is 17.8 Å². The van der Waals surface area contributed by atoms with E-state index >= 15 is 0 Å². The number of aryl methyl sites for hydroxylation is 1. The number of alkyl halides is 1. The molecule has 0 amide bonds. The van der Waals surface area contributed by atoms with Crippen LogP contribution in [0.2, 0.25) is 0 Å². The zero-order valence-electron chi connectivity index (χ0n) is 16.8. The van der Waals surface area contributed by atoms with Crippen molar-refractivity contribution in [2.45, 2.75) is 31.7 Å². The zero-order valence-corrected chi connectivity index (χ0v) is 17.6. The lowest BCUT2D eigenvalue weighted by atomic mass is 9.97. The van der Waals surface area contributed by atoms with E-state index in [9.17, 15) is 4.79 Å². The first-order valence-corrected chi connectivity index (χ1v) is 10.9. The maximum atomic E-state index is 12.5. The number of nitrogens with one attached hydrogen (secondary N) is 2. The Bertz CT molecular complexity index is 1240. The molecule has 0 saturated carbocycles. The van der Waals surface area contributed by atoms with Crippen LogP contribution in [0.3, 0.4) is 0 Å². The zero-order chi connectivity index (χ0) is 21.2. The van der Waals surface area contributed by atoms with E-state index in [1.165, 1.54) is 0 Å². The Morgan fingerprint density at radius 1 is 1.13 bits per heavy atom. The summed E-state index contributed by atoms with van der Waals surface area (Å²) in [6.07, 6.45) is 4.68. The Kier molecular flexibility index (Phi) is 5.52. The Balaban J connectivity index is 1.40. The van der Waals surface area contributed by atoms with Gasteiger partial charge in [0.25, 0.3) is 0 Å². The van der Waals surface area contributed by atoms with Crippen LogP contribution in [0.25, 0.3) is 33.9 Å². The average molecular weight is 440 g/mol. The van der Waals surface area contributed by atoms with Crippen LogP contribution in [0.1, 0.15) is 25.1 Å². The predicted octanol–water partition coefficient (Wildman–Crippen LogP) is 3.13. The van der Waals surface area contributed by atoms with Crippen LogP contribution in [0.15, 0.2) is 35.3 Å². The highest BCUT2D eigenvalue weighted by Crippen LogP contribution is 2.23. The number of aromatic amines is 2. The Morgan fingerprint density at radius 3 is 2.65 bits per heavy atom. The molecule has 4 aromatic rings. The SMILES string of the molecule is O=c1[nH]c2ncc(-c3ccc(-c4n[nH]c(CCl)n4)cc3)nc2n1CCC1CCOCC1. The van der Waals surface area contributed by atoms with Crippen LogP contribution in [-0.4, -0.2) is 47.9 Å². The van der Waals surface area contributed by atoms with Crippen LogP contribution in [0, 0.1) is 5.92 Å². The third-order valence-corrected chi connectivity index (χ3v) is 5.93. The van der Waals surface area contributed by atoms with Gasteiger partial charge in [-0.25, -0.2) is 19.7 Å². The van der Waals surface area contributed by atoms with Gasteiger partial charge in [0, 0.05) is 30.9 Å². The van der Waals surface area contributed by atoms with Gasteiger partial charge in [-0.05, 0) is 25.2 Å². The number of hydrogen-bond acceptors (Lipinski definition) is 6. The number of imidazole rings is 1. The van der Waals surface area contributed by atoms with Crippen molar-refractivity contribution < 1.29 is 4.74 Å². The van der Waals surface area contributed by atoms with E-state index in [1.54, 1.807) is 10.8 Å². The van der Waals surface area contributed by atoms with Crippen molar-refractivity contribution in [3.8, 4) is 22.6 Å². The van der Waals surface area contributed by atoms with Crippen LogP contribution in [0.4, 0.5) is 0 Å². The van der Waals surface area contributed by atoms with Gasteiger partial charge in [-0.3, -0.25) is 14.6 Å². The highest BCUT2D eigenvalue weighted by Gasteiger charge is 2.17. The average Bonchev–Trinajstić information content (AvgIpc) is 3.42. The predicted molar refractivity (Wildman–Crippen MR) is 117 cm³/mol. The van der Waals surface area contributed by atoms with Gasteiger partial charge in [0.15, 0.2) is 17.1 Å². The number of fused-ring (bicyclic) bond motifs is 1. The van der Waals surface area contributed by atoms with Crippen molar-refractivity contribution in [1.82, 2.24) is 34.7 Å². The third-order valence-electron chi connectivity index (χ3n) is 5.68. The summed E-state index contributed by atoms with van der Waals surface area (Å²) >= 11 is 5.78. The molecule has 10 heteroatoms. The molecule has 3 aromatic heterocycles. The van der Waals surface area contributed by atoms with Crippen molar-refractivity contribution in [2.75, 3.05) is 13.2 Å². The van der Waals surface area contributed by atoms with Crippen molar-refractivity contribution in [2.24, 2.45) is 5.92 Å². The van der Waals surface area contributed by atoms with Crippen molar-refractivity contribution in [3.05, 3.63) is 46.8 Å². The van der Waals surface area contributed by atoms with Crippen molar-refractivity contribution in [1.29, 1.82) is 0 Å². The molecular formula is C21H22ClN7O2. The molecule has 1 fully saturated rings. The molecule has 4 heterocycles. The van der Waals surface area contributed by atoms with Gasteiger partial charge in [-0.1, -0.05) is 24.3 Å². The van der Waals surface area contributed by atoms with Gasteiger partial charge >= 0.3 is 5.69 Å². The molecule has 160 valence electrons. The fourth-order valence-corrected chi connectivity index (χ4v) is 4.01. The fourth-order valence-electron chi connectivity index (χ4n) is 3.89. The molecule has 0 radical (unpaired) electrons. The van der Waals surface area contributed by atoms with E-state index in [1.807, 2.05) is 24.3 Å². The van der Waals surface area contributed by atoms with Crippen LogP contribution in [-0.2, 0) is 17.2 Å². The minimum absolute atomic E-state index is 0.172. The first kappa shape index (κ1) is 19.9. The van der Waals surface area contributed by atoms with Crippen LogP contribution < -0.4 is 5.69 Å². The lowest BCUT2D eigenvalue weighted by Crippen LogP contribution is -2.22. The molecule has 1 aromatic carbocycles. The molecular weight excluding hydrogens is 418 g/mol. The van der Waals surface area contributed by atoms with Gasteiger partial charge in [0.1, 0.15) is 5.82 Å². The number of halogens is 1. The number of aromatic nitrogens is 7. The van der Waals surface area contributed by atoms with Gasteiger partial charge in [-0.15, -0.1) is 11.6 Å². The summed E-state index contributed by atoms with van der Waals surface area (Å²) in [6.45, 7) is 2.22. The lowest BCUT2D eigenvalue weighted by Gasteiger charge is -2.21. The van der Waals surface area contributed by atoms with Crippen LogP contribution >= 0.6 is 11.6 Å². The molecule has 1 aliphatic rings. The smallest absolute Gasteiger partial charge is 0.328 e. The monoisotopic (exact) mass is 439 g/mol. The normalized spacial score (nSPS) is 15.0. The van der Waals surface area contributed by atoms with E-state index < -0.39 is 0 Å². The Labute approximate surface area is 182 Å². The summed E-state index contributed by atoms with van der Waals surface area (Å²) in [7, 11) is 0. The second kappa shape index (κ2) is 8.60. The first-order chi connectivity index (χ1) is 15.2. The van der Waals surface area contributed by atoms with Gasteiger partial charge in [-0.2, -0.15) is 5.10 Å². The van der Waals surface area contributed by atoms with Crippen molar-refractivity contribution in [3.63, 3.8) is 0 Å². The largest absolute Gasteiger partial charge is 0.381 e. The van der Waals surface area contributed by atoms with Gasteiger partial charge < -0.3 is 4.74 Å². The number of rotatable bonds is 6. The first-order valence-electron chi connectivity index (χ1n) is 10.3. The summed E-state index contributed by atoms with van der Waals surface area (Å²) in [5.74, 6) is 2.08. The summed E-state index contributed by atoms with van der Waals surface area (Å²) < 4.78 is 7.12. The maximum absolute atomic E-state index is 12.5. The van der Waals surface area contributed by atoms with Crippen LogP contribution in [0.5, 0.6) is 0 Å². The second-order valence-electron chi connectivity index (χ2n) is 7.67. The minimum Gasteiger partial charge on any atom is -0.381 e. The summed E-state index contributed by atoms with van der Waals surface area (Å²) in [5.41, 5.74) is 3.39. The number of H-pyrrole nitrogens is 2. The fraction of sp³-hybridized carbons (Fsp3) is 0.381. The summed E-state index contributed by atoms with van der Waals surface area (Å²) in [5, 5.41) is 6.98. The molecule has 9 nitrogen and oxygen atoms in total. The highest BCUT2D eigenvalue weighted by atomic mass is 35.5. The number of hydrogen-bond donors (Lipinski definition) is 2. The summed E-state index contributed by atoms with van der Waals surface area (Å²) in [4.78, 5) is 28.8. The molecule has 0 unspecified atom stereocenters. The van der Waals surface area contributed by atoms with E-state index in [0.29, 0.717) is 41.1 Å². The lowest BCUT2D eigenvalue weighted by molar-refractivity contribution is 0.0626. The quantitative estimate of drug-likeness (QED) is 0.446. The van der Waals surface area contributed by atoms with E-state index in [4.69, 9.17) is 21.3 Å². The highest BCUT2D eigenvalue weighted by molar-refractivity contribution is 6.16. The molecule has 0 spiro atoms. The number of nitrogens with zero attached hydrogens (tertiary/aromatic N) is 5.